The molecule has 154 valence electrons. The smallest absolute Gasteiger partial charge is 0.229 e. The third-order valence-electron chi connectivity index (χ3n) is 5.76. The number of carbonyl (C=O) groups excluding carboxylic acids is 1. The van der Waals surface area contributed by atoms with Gasteiger partial charge < -0.3 is 18.9 Å². The first-order chi connectivity index (χ1) is 14.6. The number of hydrogen-bond donors (Lipinski definition) is 0. The number of carbonyl (C=O) groups is 1. The molecule has 0 radical (unpaired) electrons. The van der Waals surface area contributed by atoms with Crippen LogP contribution in [0.4, 0.5) is 4.39 Å². The first kappa shape index (κ1) is 18.7. The summed E-state index contributed by atoms with van der Waals surface area (Å²) in [5.74, 6) is 1.75. The molecule has 0 aliphatic carbocycles. The zero-order chi connectivity index (χ0) is 20.7. The predicted molar refractivity (Wildman–Crippen MR) is 107 cm³/mol. The highest BCUT2D eigenvalue weighted by Gasteiger charge is 2.33. The number of benzene rings is 2. The van der Waals surface area contributed by atoms with E-state index < -0.39 is 0 Å². The van der Waals surface area contributed by atoms with Gasteiger partial charge in [0, 0.05) is 24.1 Å². The predicted octanol–water partition coefficient (Wildman–Crippen LogP) is 3.63. The summed E-state index contributed by atoms with van der Waals surface area (Å²) in [6, 6.07) is 11.9. The Balaban J connectivity index is 1.36. The minimum absolute atomic E-state index is 0.0421. The second-order valence-corrected chi connectivity index (χ2v) is 7.64. The number of hydrogen-bond acceptors (Lipinski definition) is 5. The number of methoxy groups -OCH3 is 1. The fourth-order valence-corrected chi connectivity index (χ4v) is 4.17. The highest BCUT2D eigenvalue weighted by molar-refractivity contribution is 5.80. The van der Waals surface area contributed by atoms with Gasteiger partial charge in [-0.05, 0) is 42.3 Å². The Bertz CT molecular complexity index is 1110. The lowest BCUT2D eigenvalue weighted by Gasteiger charge is -2.32. The average Bonchev–Trinajstić information content (AvgIpc) is 3.21. The molecule has 30 heavy (non-hydrogen) atoms. The molecule has 0 saturated heterocycles. The topological polar surface area (TPSA) is 64.8 Å². The van der Waals surface area contributed by atoms with Crippen LogP contribution in [-0.4, -0.2) is 36.2 Å². The van der Waals surface area contributed by atoms with Gasteiger partial charge in [-0.15, -0.1) is 0 Å². The lowest BCUT2D eigenvalue weighted by atomic mass is 9.94. The maximum Gasteiger partial charge on any atom is 0.229 e. The molecule has 5 rings (SSSR count). The van der Waals surface area contributed by atoms with E-state index in [-0.39, 0.29) is 17.6 Å². The molecule has 1 amide bonds. The molecule has 3 heterocycles. The molecule has 0 spiro atoms. The zero-order valence-corrected chi connectivity index (χ0v) is 16.6. The van der Waals surface area contributed by atoms with Crippen LogP contribution in [0.1, 0.15) is 16.9 Å². The zero-order valence-electron chi connectivity index (χ0n) is 16.6. The second kappa shape index (κ2) is 7.48. The summed E-state index contributed by atoms with van der Waals surface area (Å²) < 4.78 is 30.3. The van der Waals surface area contributed by atoms with E-state index in [1.165, 1.54) is 12.1 Å². The number of halogens is 1. The first-order valence-electron chi connectivity index (χ1n) is 9.94. The summed E-state index contributed by atoms with van der Waals surface area (Å²) >= 11 is 0. The van der Waals surface area contributed by atoms with Gasteiger partial charge in [0.05, 0.1) is 19.6 Å². The van der Waals surface area contributed by atoms with Crippen molar-refractivity contribution in [2.75, 3.05) is 20.3 Å². The number of fused-ring (bicyclic) bond motifs is 2. The van der Waals surface area contributed by atoms with Gasteiger partial charge in [-0.3, -0.25) is 4.79 Å². The van der Waals surface area contributed by atoms with Crippen molar-refractivity contribution < 1.29 is 23.2 Å². The standard InChI is InChI=1S/C23H21FN2O4/c1-28-18-5-6-20-15(11-18)9-16(13-29-20)23(27)26-8-7-21-19(12-26)22(25-30-21)14-3-2-4-17(24)10-14/h2-6,10-11,16H,7-9,12-13H2,1H3. The Morgan fingerprint density at radius 3 is 3.00 bits per heavy atom. The normalized spacial score (nSPS) is 17.7. The molecule has 0 N–H and O–H groups in total. The minimum Gasteiger partial charge on any atom is -0.497 e. The van der Waals surface area contributed by atoms with Crippen molar-refractivity contribution in [3.05, 3.63) is 65.2 Å². The molecule has 0 saturated carbocycles. The summed E-state index contributed by atoms with van der Waals surface area (Å²) in [4.78, 5) is 15.1. The molecule has 7 heteroatoms. The molecule has 1 aromatic heterocycles. The molecular weight excluding hydrogens is 387 g/mol. The van der Waals surface area contributed by atoms with Crippen molar-refractivity contribution in [3.8, 4) is 22.8 Å². The number of ether oxygens (including phenoxy) is 2. The summed E-state index contributed by atoms with van der Waals surface area (Å²) in [5.41, 5.74) is 3.06. The van der Waals surface area contributed by atoms with Crippen LogP contribution in [0.2, 0.25) is 0 Å². The maximum absolute atomic E-state index is 13.7. The van der Waals surface area contributed by atoms with Crippen molar-refractivity contribution in [2.45, 2.75) is 19.4 Å². The molecule has 1 atom stereocenters. The van der Waals surface area contributed by atoms with E-state index in [4.69, 9.17) is 14.0 Å². The lowest BCUT2D eigenvalue weighted by Crippen LogP contribution is -2.43. The highest BCUT2D eigenvalue weighted by Crippen LogP contribution is 2.34. The van der Waals surface area contributed by atoms with E-state index in [1.807, 2.05) is 23.1 Å². The number of aromatic nitrogens is 1. The molecule has 2 aliphatic rings. The number of nitrogens with zero attached hydrogens (tertiary/aromatic N) is 2. The van der Waals surface area contributed by atoms with E-state index >= 15 is 0 Å². The highest BCUT2D eigenvalue weighted by atomic mass is 19.1. The average molecular weight is 408 g/mol. The second-order valence-electron chi connectivity index (χ2n) is 7.64. The maximum atomic E-state index is 13.7. The van der Waals surface area contributed by atoms with Crippen LogP contribution in [0.5, 0.6) is 11.5 Å². The summed E-state index contributed by atoms with van der Waals surface area (Å²) in [6.45, 7) is 1.30. The quantitative estimate of drug-likeness (QED) is 0.662. The van der Waals surface area contributed by atoms with Crippen LogP contribution in [0, 0.1) is 11.7 Å². The van der Waals surface area contributed by atoms with Crippen LogP contribution in [-0.2, 0) is 24.2 Å². The van der Waals surface area contributed by atoms with E-state index in [2.05, 4.69) is 5.16 Å². The van der Waals surface area contributed by atoms with Crippen molar-refractivity contribution in [3.63, 3.8) is 0 Å². The summed E-state index contributed by atoms with van der Waals surface area (Å²) in [7, 11) is 1.62. The lowest BCUT2D eigenvalue weighted by molar-refractivity contribution is -0.138. The van der Waals surface area contributed by atoms with Gasteiger partial charge >= 0.3 is 0 Å². The third kappa shape index (κ3) is 3.30. The van der Waals surface area contributed by atoms with Crippen LogP contribution >= 0.6 is 0 Å². The van der Waals surface area contributed by atoms with Crippen molar-refractivity contribution in [2.24, 2.45) is 5.92 Å². The Kier molecular flexibility index (Phi) is 4.65. The SMILES string of the molecule is COc1ccc2c(c1)CC(C(=O)N1CCc3onc(-c4cccc(F)c4)c3C1)CO2. The Hall–Kier alpha value is -3.35. The van der Waals surface area contributed by atoms with Gasteiger partial charge in [0.25, 0.3) is 0 Å². The Morgan fingerprint density at radius 2 is 2.17 bits per heavy atom. The van der Waals surface area contributed by atoms with Crippen molar-refractivity contribution in [1.29, 1.82) is 0 Å². The molecule has 2 aromatic carbocycles. The van der Waals surface area contributed by atoms with E-state index in [9.17, 15) is 9.18 Å². The minimum atomic E-state index is -0.332. The molecule has 2 aliphatic heterocycles. The van der Waals surface area contributed by atoms with Crippen LogP contribution in [0.25, 0.3) is 11.3 Å². The number of rotatable bonds is 3. The molecule has 6 nitrogen and oxygen atoms in total. The van der Waals surface area contributed by atoms with E-state index in [1.54, 1.807) is 19.2 Å². The fourth-order valence-electron chi connectivity index (χ4n) is 4.17. The van der Waals surface area contributed by atoms with Crippen LogP contribution in [0.3, 0.4) is 0 Å². The van der Waals surface area contributed by atoms with Crippen molar-refractivity contribution >= 4 is 5.91 Å². The Labute approximate surface area is 173 Å². The number of amides is 1. The molecule has 0 bridgehead atoms. The monoisotopic (exact) mass is 408 g/mol. The van der Waals surface area contributed by atoms with Crippen molar-refractivity contribution in [1.82, 2.24) is 10.1 Å². The Morgan fingerprint density at radius 1 is 1.27 bits per heavy atom. The molecule has 0 fully saturated rings. The first-order valence-corrected chi connectivity index (χ1v) is 9.94. The largest absolute Gasteiger partial charge is 0.497 e. The van der Waals surface area contributed by atoms with Gasteiger partial charge in [-0.2, -0.15) is 0 Å². The summed E-state index contributed by atoms with van der Waals surface area (Å²) in [5, 5.41) is 4.15. The third-order valence-corrected chi connectivity index (χ3v) is 5.76. The van der Waals surface area contributed by atoms with Gasteiger partial charge in [0.2, 0.25) is 5.91 Å². The van der Waals surface area contributed by atoms with E-state index in [0.717, 1.165) is 28.4 Å². The molecule has 1 unspecified atom stereocenters. The van der Waals surface area contributed by atoms with Gasteiger partial charge in [-0.1, -0.05) is 17.3 Å². The van der Waals surface area contributed by atoms with Crippen LogP contribution in [0.15, 0.2) is 47.0 Å². The van der Waals surface area contributed by atoms with Crippen LogP contribution < -0.4 is 9.47 Å². The van der Waals surface area contributed by atoms with Gasteiger partial charge in [-0.25, -0.2) is 4.39 Å². The molecular formula is C23H21FN2O4. The van der Waals surface area contributed by atoms with E-state index in [0.29, 0.717) is 43.8 Å². The molecule has 3 aromatic rings. The van der Waals surface area contributed by atoms with Gasteiger partial charge in [0.1, 0.15) is 35.4 Å². The summed E-state index contributed by atoms with van der Waals surface area (Å²) in [6.07, 6.45) is 1.19. The fraction of sp³-hybridized carbons (Fsp3) is 0.304. The van der Waals surface area contributed by atoms with Gasteiger partial charge in [0.15, 0.2) is 0 Å².